The topological polar surface area (TPSA) is 272 Å². The standard InChI is InChI=1S/C10H8.C7H8.C3HF6OP.C2F4.C2H6.CH3F2O3P.2CH5O3P.3FH.H3O3P.H2O2/c1-2-6-10-8-4-3-7-9(10)5-1;1-7-5-3-2-4-6-7;4-1(5)2(6,7)3(8,9)11-10;3-1(4)2(5)6;1-2;2-1(3,4)7-6-5;2*1-5(2,3)4;;;;1-3-4-2;1-2/h1-8H;2-6H,1H3;1H;;1-2H3;4-5,7H;2*1H3,(H2,2,3,4);3*1H;1-2,4H;1-2H. The van der Waals surface area contributed by atoms with Crippen molar-refractivity contribution < 1.29 is 140 Å². The Morgan fingerprint density at radius 1 is 0.661 bits per heavy atom. The number of aliphatic hydroxyl groups is 1. The molecule has 62 heavy (non-hydrogen) atoms. The highest BCUT2D eigenvalue weighted by atomic mass is 31.2. The lowest BCUT2D eigenvalue weighted by Gasteiger charge is -2.19. The molecule has 3 aromatic carbocycles. The van der Waals surface area contributed by atoms with Gasteiger partial charge in [0.15, 0.2) is 17.8 Å². The molecule has 10 N–H and O–H groups in total. The first-order chi connectivity index (χ1) is 26.7. The van der Waals surface area contributed by atoms with Crippen molar-refractivity contribution in [1.29, 1.82) is 0 Å². The number of fused-ring (bicyclic) bond motifs is 1. The second-order valence-electron chi connectivity index (χ2n) is 8.67. The summed E-state index contributed by atoms with van der Waals surface area (Å²) < 4.78 is 166. The molecule has 0 aliphatic heterocycles. The zero-order chi connectivity index (χ0) is 48.7. The minimum atomic E-state index is -5.55. The maximum absolute atomic E-state index is 11.6. The van der Waals surface area contributed by atoms with Gasteiger partial charge in [-0.25, -0.2) is 24.0 Å². The van der Waals surface area contributed by atoms with Crippen LogP contribution < -0.4 is 0 Å². The lowest BCUT2D eigenvalue weighted by molar-refractivity contribution is -0.223. The van der Waals surface area contributed by atoms with Crippen molar-refractivity contribution >= 4 is 52.3 Å². The number of rotatable bonds is 6. The predicted octanol–water partition coefficient (Wildman–Crippen LogP) is 11.3. The maximum Gasteiger partial charge on any atom is 0.395 e. The van der Waals surface area contributed by atoms with Gasteiger partial charge in [-0.3, -0.25) is 38.3 Å². The van der Waals surface area contributed by atoms with E-state index in [2.05, 4.69) is 76.9 Å². The second-order valence-corrected chi connectivity index (χ2v) is 14.1. The van der Waals surface area contributed by atoms with Crippen molar-refractivity contribution in [3.8, 4) is 0 Å². The summed E-state index contributed by atoms with van der Waals surface area (Å²) in [6.45, 7) is 7.79. The largest absolute Gasteiger partial charge is 0.395 e. The Bertz CT molecular complexity index is 1420. The molecule has 0 spiro atoms. The van der Waals surface area contributed by atoms with Crippen LogP contribution in [0.25, 0.3) is 10.8 Å². The summed E-state index contributed by atoms with van der Waals surface area (Å²) in [5.41, 5.74) is -3.89. The summed E-state index contributed by atoms with van der Waals surface area (Å²) in [7, 11) is -12.0. The van der Waals surface area contributed by atoms with Crippen LogP contribution in [-0.4, -0.2) is 87.8 Å². The monoisotopic (exact) mass is 1050 g/mol. The second kappa shape index (κ2) is 48.0. The summed E-state index contributed by atoms with van der Waals surface area (Å²) in [5.74, 6) is -9.44. The normalized spacial score (nSPS) is 10.3. The molecule has 2 atom stereocenters. The molecule has 2 unspecified atom stereocenters. The van der Waals surface area contributed by atoms with Gasteiger partial charge in [0.25, 0.3) is 0 Å². The molecule has 35 heteroatoms. The molecule has 0 aliphatic carbocycles. The molecule has 15 nitrogen and oxygen atoms in total. The van der Waals surface area contributed by atoms with E-state index in [1.807, 2.05) is 32.0 Å². The minimum absolute atomic E-state index is 0. The Labute approximate surface area is 347 Å². The zero-order valence-electron chi connectivity index (χ0n) is 31.7. The van der Waals surface area contributed by atoms with Gasteiger partial charge in [0.05, 0.1) is 0 Å². The van der Waals surface area contributed by atoms with Gasteiger partial charge < -0.3 is 29.6 Å². The van der Waals surface area contributed by atoms with Crippen molar-refractivity contribution in [3.05, 3.63) is 96.6 Å². The Hall–Kier alpha value is -2.45. The van der Waals surface area contributed by atoms with Gasteiger partial charge in [-0.15, -0.1) is 0 Å². The SMILES string of the molecule is CC.CP(=O)(O)O.CP(=O)(O)O.Cc1ccccc1.F.F.F.FC(F)=C(F)F.O=PC(F)(F)C(F)(F)C(F)F.OO.OOPC(O)(F)F.OOPO.c1ccc2ccccc2c1. The van der Waals surface area contributed by atoms with E-state index in [1.165, 1.54) is 16.3 Å². The number of hydrogen-bond donors (Lipinski definition) is 10. The van der Waals surface area contributed by atoms with Crippen LogP contribution in [0.2, 0.25) is 0 Å². The number of aryl methyl sites for hydroxylation is 1. The molecule has 3 aromatic rings. The lowest BCUT2D eigenvalue weighted by atomic mass is 10.1. The number of hydrogen-bond acceptors (Lipinski definition) is 11. The summed E-state index contributed by atoms with van der Waals surface area (Å²) >= 11 is 0. The van der Waals surface area contributed by atoms with Crippen molar-refractivity contribution in [3.63, 3.8) is 0 Å². The van der Waals surface area contributed by atoms with E-state index in [-0.39, 0.29) is 14.1 Å². The van der Waals surface area contributed by atoms with Crippen LogP contribution in [0.5, 0.6) is 0 Å². The molecule has 0 saturated carbocycles. The number of alkyl halides is 8. The van der Waals surface area contributed by atoms with E-state index in [4.69, 9.17) is 50.6 Å². The maximum atomic E-state index is 11.6. The number of benzene rings is 3. The van der Waals surface area contributed by atoms with E-state index in [9.17, 15) is 66.4 Å². The van der Waals surface area contributed by atoms with E-state index in [1.54, 1.807) is 0 Å². The van der Waals surface area contributed by atoms with Crippen LogP contribution >= 0.6 is 41.5 Å². The third-order valence-electron chi connectivity index (χ3n) is 3.74. The molecule has 3 rings (SSSR count). The first-order valence-electron chi connectivity index (χ1n) is 14.1. The molecule has 0 aromatic heterocycles. The Morgan fingerprint density at radius 2 is 0.903 bits per heavy atom. The lowest BCUT2D eigenvalue weighted by Crippen LogP contribution is -2.42. The van der Waals surface area contributed by atoms with Crippen molar-refractivity contribution in [2.24, 2.45) is 0 Å². The quantitative estimate of drug-likeness (QED) is 0.0476. The van der Waals surface area contributed by atoms with Gasteiger partial charge in [0.2, 0.25) is 8.46 Å². The molecule has 372 valence electrons. The van der Waals surface area contributed by atoms with E-state index in [0.29, 0.717) is 0 Å². The smallest absolute Gasteiger partial charge is 0.350 e. The third kappa shape index (κ3) is 72.0. The van der Waals surface area contributed by atoms with Crippen LogP contribution in [0, 0.1) is 6.92 Å². The fourth-order valence-electron chi connectivity index (χ4n) is 1.91. The number of halogens is 15. The first-order valence-corrected chi connectivity index (χ1v) is 20.8. The van der Waals surface area contributed by atoms with Crippen molar-refractivity contribution in [2.45, 2.75) is 44.6 Å². The predicted molar refractivity (Wildman–Crippen MR) is 204 cm³/mol. The van der Waals surface area contributed by atoms with Crippen LogP contribution in [0.4, 0.5) is 66.8 Å². The van der Waals surface area contributed by atoms with Crippen molar-refractivity contribution in [1.82, 2.24) is 0 Å². The van der Waals surface area contributed by atoms with Gasteiger partial charge in [0.1, 0.15) is 0 Å². The average molecular weight is 1050 g/mol. The van der Waals surface area contributed by atoms with Gasteiger partial charge in [0, 0.05) is 13.3 Å². The summed E-state index contributed by atoms with van der Waals surface area (Å²) in [6.07, 6.45) is -10.3. The summed E-state index contributed by atoms with van der Waals surface area (Å²) in [5, 5.41) is 36.4. The Morgan fingerprint density at radius 3 is 1.00 bits per heavy atom. The molecular weight excluding hydrogens is 1000 g/mol. The first kappa shape index (κ1) is 83.1. The van der Waals surface area contributed by atoms with Gasteiger partial charge in [-0.05, 0) is 17.7 Å². The molecule has 0 fully saturated rings. The molecule has 0 saturated heterocycles. The third-order valence-corrected chi connectivity index (χ3v) is 4.69. The van der Waals surface area contributed by atoms with E-state index in [0.717, 1.165) is 13.3 Å². The van der Waals surface area contributed by atoms with Crippen LogP contribution in [0.3, 0.4) is 0 Å². The zero-order valence-corrected chi connectivity index (χ0v) is 36.4. The Kier molecular flexibility index (Phi) is 64.4. The van der Waals surface area contributed by atoms with E-state index < -0.39 is 77.5 Å². The average Bonchev–Trinajstić information content (AvgIpc) is 3.13. The highest BCUT2D eigenvalue weighted by Gasteiger charge is 2.64. The van der Waals surface area contributed by atoms with Crippen molar-refractivity contribution in [2.75, 3.05) is 13.3 Å². The molecule has 0 heterocycles. The van der Waals surface area contributed by atoms with Crippen LogP contribution in [0.1, 0.15) is 19.4 Å². The molecular formula is C27H44F15O15P5. The van der Waals surface area contributed by atoms with Gasteiger partial charge >= 0.3 is 51.2 Å². The highest BCUT2D eigenvalue weighted by Crippen LogP contribution is 2.45. The summed E-state index contributed by atoms with van der Waals surface area (Å²) in [6, 6.07) is 27.0. The minimum Gasteiger partial charge on any atom is -0.350 e. The molecule has 0 bridgehead atoms. The highest BCUT2D eigenvalue weighted by molar-refractivity contribution is 7.51. The fourth-order valence-corrected chi connectivity index (χ4v) is 2.24. The van der Waals surface area contributed by atoms with Gasteiger partial charge in [-0.1, -0.05) is 98.3 Å². The fraction of sp³-hybridized carbons (Fsp3) is 0.333. The van der Waals surface area contributed by atoms with E-state index >= 15 is 0 Å². The van der Waals surface area contributed by atoms with Crippen LogP contribution in [0.15, 0.2) is 91.0 Å². The van der Waals surface area contributed by atoms with Gasteiger partial charge in [-0.2, -0.15) is 48.6 Å². The molecule has 0 aliphatic rings. The van der Waals surface area contributed by atoms with Crippen LogP contribution in [-0.2, 0) is 23.0 Å². The Balaban J connectivity index is -0.0000000623. The molecule has 0 radical (unpaired) electrons. The summed E-state index contributed by atoms with van der Waals surface area (Å²) in [4.78, 5) is 38.0. The molecule has 0 amide bonds.